The predicted molar refractivity (Wildman–Crippen MR) is 115 cm³/mol. The number of rotatable bonds is 5. The molecule has 4 N–H and O–H groups in total. The van der Waals surface area contributed by atoms with Crippen LogP contribution < -0.4 is 10.0 Å². The Bertz CT molecular complexity index is 1020. The lowest BCUT2D eigenvalue weighted by Crippen LogP contribution is -2.40. The number of phenolic OH excluding ortho intramolecular Hbond substituents is 1. The van der Waals surface area contributed by atoms with E-state index in [0.29, 0.717) is 10.4 Å². The summed E-state index contributed by atoms with van der Waals surface area (Å²) in [6, 6.07) is 4.28. The maximum atomic E-state index is 12.9. The van der Waals surface area contributed by atoms with E-state index in [1.807, 2.05) is 0 Å². The summed E-state index contributed by atoms with van der Waals surface area (Å²) in [5.74, 6) is 0.0995. The van der Waals surface area contributed by atoms with Crippen LogP contribution in [-0.4, -0.2) is 41.3 Å². The van der Waals surface area contributed by atoms with Crippen LogP contribution in [0, 0.1) is 0 Å². The number of hydrogen-bond donors (Lipinski definition) is 4. The number of hydrogen-bond acceptors (Lipinski definition) is 6. The molecule has 1 aliphatic rings. The van der Waals surface area contributed by atoms with Crippen LogP contribution >= 0.6 is 11.3 Å². The van der Waals surface area contributed by atoms with Gasteiger partial charge in [0.2, 0.25) is 10.0 Å². The first-order valence-electron chi connectivity index (χ1n) is 9.77. The Labute approximate surface area is 180 Å². The molecule has 0 unspecified atom stereocenters. The van der Waals surface area contributed by atoms with Gasteiger partial charge in [-0.05, 0) is 58.6 Å². The number of sulfonamides is 1. The fraction of sp³-hybridized carbons (Fsp3) is 0.500. The molecule has 30 heavy (non-hydrogen) atoms. The minimum atomic E-state index is -3.85. The summed E-state index contributed by atoms with van der Waals surface area (Å²) in [7, 11) is -3.85. The van der Waals surface area contributed by atoms with Gasteiger partial charge in [-0.2, -0.15) is 0 Å². The second-order valence-corrected chi connectivity index (χ2v) is 11.3. The summed E-state index contributed by atoms with van der Waals surface area (Å²) in [6.07, 6.45) is 3.82. The fourth-order valence-electron chi connectivity index (χ4n) is 3.66. The van der Waals surface area contributed by atoms with Crippen LogP contribution in [0.1, 0.15) is 57.4 Å². The highest BCUT2D eigenvalue weighted by molar-refractivity contribution is 7.89. The van der Waals surface area contributed by atoms with Gasteiger partial charge in [-0.25, -0.2) is 22.9 Å². The third kappa shape index (κ3) is 5.50. The monoisotopic (exact) mass is 453 g/mol. The number of carbonyl (C=O) groups is 1. The van der Waals surface area contributed by atoms with Crippen LogP contribution in [0.15, 0.2) is 29.3 Å². The van der Waals surface area contributed by atoms with Crippen molar-refractivity contribution in [3.63, 3.8) is 0 Å². The van der Waals surface area contributed by atoms with Crippen LogP contribution in [0.2, 0.25) is 0 Å². The van der Waals surface area contributed by atoms with Crippen LogP contribution in [0.4, 0.5) is 4.79 Å². The summed E-state index contributed by atoms with van der Waals surface area (Å²) < 4.78 is 28.5. The number of thiazole rings is 1. The van der Waals surface area contributed by atoms with Gasteiger partial charge in [0.1, 0.15) is 5.75 Å². The van der Waals surface area contributed by atoms with Gasteiger partial charge in [0, 0.05) is 35.3 Å². The van der Waals surface area contributed by atoms with Crippen LogP contribution in [0.25, 0.3) is 10.4 Å². The second-order valence-electron chi connectivity index (χ2n) is 8.60. The van der Waals surface area contributed by atoms with Gasteiger partial charge in [0.25, 0.3) is 0 Å². The van der Waals surface area contributed by atoms with Crippen LogP contribution in [-0.2, 0) is 10.0 Å². The minimum Gasteiger partial charge on any atom is -0.508 e. The van der Waals surface area contributed by atoms with E-state index in [1.165, 1.54) is 23.5 Å². The van der Waals surface area contributed by atoms with E-state index in [1.54, 1.807) is 33.0 Å². The maximum Gasteiger partial charge on any atom is 0.404 e. The lowest BCUT2D eigenvalue weighted by Gasteiger charge is -2.27. The topological polar surface area (TPSA) is 129 Å². The van der Waals surface area contributed by atoms with E-state index in [4.69, 9.17) is 5.11 Å². The van der Waals surface area contributed by atoms with Crippen molar-refractivity contribution in [3.05, 3.63) is 29.4 Å². The molecule has 1 amide bonds. The number of carboxylic acid groups (broad SMARTS) is 1. The molecule has 1 aliphatic carbocycles. The smallest absolute Gasteiger partial charge is 0.404 e. The molecule has 0 bridgehead atoms. The normalized spacial score (nSPS) is 20.1. The molecule has 0 aliphatic heterocycles. The van der Waals surface area contributed by atoms with E-state index >= 15 is 0 Å². The maximum absolute atomic E-state index is 12.9. The van der Waals surface area contributed by atoms with Gasteiger partial charge in [-0.15, -0.1) is 11.3 Å². The molecular weight excluding hydrogens is 426 g/mol. The molecule has 164 valence electrons. The van der Waals surface area contributed by atoms with Crippen molar-refractivity contribution < 1.29 is 23.4 Å². The zero-order chi connectivity index (χ0) is 22.1. The second kappa shape index (κ2) is 8.52. The standard InChI is InChI=1S/C20H27N3O5S2/c1-20(2,3)23-30(27,28)17-10-14(24)8-9-15(17)16-11-21-18(29-16)12-4-6-13(7-5-12)22-19(25)26/h8-13,22-24H,4-7H2,1-3H3,(H,25,26). The highest BCUT2D eigenvalue weighted by Crippen LogP contribution is 2.40. The van der Waals surface area contributed by atoms with E-state index in [-0.39, 0.29) is 22.6 Å². The third-order valence-electron chi connectivity index (χ3n) is 4.89. The van der Waals surface area contributed by atoms with Crippen molar-refractivity contribution in [3.8, 4) is 16.2 Å². The zero-order valence-corrected chi connectivity index (χ0v) is 18.8. The lowest BCUT2D eigenvalue weighted by atomic mass is 9.86. The zero-order valence-electron chi connectivity index (χ0n) is 17.2. The Morgan fingerprint density at radius 2 is 1.87 bits per heavy atom. The molecule has 1 aromatic carbocycles. The average Bonchev–Trinajstić information content (AvgIpc) is 3.09. The van der Waals surface area contributed by atoms with Gasteiger partial charge in [0.15, 0.2) is 0 Å². The highest BCUT2D eigenvalue weighted by Gasteiger charge is 2.28. The largest absolute Gasteiger partial charge is 0.508 e. The van der Waals surface area contributed by atoms with E-state index in [9.17, 15) is 18.3 Å². The summed E-state index contributed by atoms with van der Waals surface area (Å²) in [5, 5.41) is 22.2. The fourth-order valence-corrected chi connectivity index (χ4v) is 6.51. The number of aromatic hydroxyl groups is 1. The van der Waals surface area contributed by atoms with Crippen molar-refractivity contribution in [2.75, 3.05) is 0 Å². The molecule has 0 spiro atoms. The summed E-state index contributed by atoms with van der Waals surface area (Å²) >= 11 is 1.44. The van der Waals surface area contributed by atoms with Crippen molar-refractivity contribution in [1.82, 2.24) is 15.0 Å². The molecule has 1 fully saturated rings. The number of phenols is 1. The predicted octanol–water partition coefficient (Wildman–Crippen LogP) is 3.89. The molecule has 1 aromatic heterocycles. The Kier molecular flexibility index (Phi) is 6.40. The molecule has 3 rings (SSSR count). The van der Waals surface area contributed by atoms with Crippen molar-refractivity contribution >= 4 is 27.5 Å². The van der Waals surface area contributed by atoms with Crippen molar-refractivity contribution in [2.45, 2.75) is 68.8 Å². The molecule has 0 atom stereocenters. The Balaban J connectivity index is 1.85. The van der Waals surface area contributed by atoms with Gasteiger partial charge in [-0.1, -0.05) is 0 Å². The number of amides is 1. The quantitative estimate of drug-likeness (QED) is 0.544. The lowest BCUT2D eigenvalue weighted by molar-refractivity contribution is 0.185. The SMILES string of the molecule is CC(C)(C)NS(=O)(=O)c1cc(O)ccc1-c1cnc(C2CCC(NC(=O)O)CC2)s1. The molecule has 2 aromatic rings. The Hall–Kier alpha value is -2.17. The molecule has 10 heteroatoms. The Morgan fingerprint density at radius 1 is 1.20 bits per heavy atom. The van der Waals surface area contributed by atoms with Gasteiger partial charge >= 0.3 is 6.09 Å². The molecular formula is C20H27N3O5S2. The van der Waals surface area contributed by atoms with Crippen molar-refractivity contribution in [1.29, 1.82) is 0 Å². The Morgan fingerprint density at radius 3 is 2.47 bits per heavy atom. The number of nitrogens with one attached hydrogen (secondary N) is 2. The van der Waals surface area contributed by atoms with Crippen LogP contribution in [0.3, 0.4) is 0 Å². The van der Waals surface area contributed by atoms with Gasteiger partial charge in [-0.3, -0.25) is 0 Å². The molecule has 8 nitrogen and oxygen atoms in total. The molecule has 1 saturated carbocycles. The summed E-state index contributed by atoms with van der Waals surface area (Å²) in [4.78, 5) is 16.1. The van der Waals surface area contributed by atoms with E-state index in [2.05, 4.69) is 15.0 Å². The first-order valence-corrected chi connectivity index (χ1v) is 12.1. The number of benzene rings is 1. The number of aromatic nitrogens is 1. The third-order valence-corrected chi connectivity index (χ3v) is 7.88. The summed E-state index contributed by atoms with van der Waals surface area (Å²) in [5.41, 5.74) is -0.169. The first kappa shape index (κ1) is 22.5. The number of nitrogens with zero attached hydrogens (tertiary/aromatic N) is 1. The molecule has 1 heterocycles. The minimum absolute atomic E-state index is 0.0157. The highest BCUT2D eigenvalue weighted by atomic mass is 32.2. The summed E-state index contributed by atoms with van der Waals surface area (Å²) in [6.45, 7) is 5.27. The van der Waals surface area contributed by atoms with Crippen molar-refractivity contribution in [2.24, 2.45) is 0 Å². The van der Waals surface area contributed by atoms with Gasteiger partial charge in [0.05, 0.1) is 14.8 Å². The average molecular weight is 454 g/mol. The van der Waals surface area contributed by atoms with Gasteiger partial charge < -0.3 is 15.5 Å². The van der Waals surface area contributed by atoms with E-state index < -0.39 is 21.7 Å². The molecule has 0 saturated heterocycles. The molecule has 0 radical (unpaired) electrons. The van der Waals surface area contributed by atoms with E-state index in [0.717, 1.165) is 30.7 Å². The van der Waals surface area contributed by atoms with Crippen LogP contribution in [0.5, 0.6) is 5.75 Å². The first-order chi connectivity index (χ1) is 13.9.